The molecule has 0 bridgehead atoms. The fourth-order valence-electron chi connectivity index (χ4n) is 0.858. The standard InChI is InChI=1S/C5H7F2NO/c1-3-2-5(6,7)4(9)8-3/h3H,2H2,1H3,(H,8,9)/t3-/m1/s1. The minimum atomic E-state index is -3.13. The van der Waals surface area contributed by atoms with Gasteiger partial charge in [0.2, 0.25) is 0 Å². The molecule has 1 aliphatic rings. The van der Waals surface area contributed by atoms with Crippen LogP contribution in [-0.4, -0.2) is 17.9 Å². The van der Waals surface area contributed by atoms with E-state index in [0.29, 0.717) is 0 Å². The summed E-state index contributed by atoms with van der Waals surface area (Å²) in [5.41, 5.74) is 0. The molecule has 52 valence electrons. The molecule has 9 heavy (non-hydrogen) atoms. The maximum absolute atomic E-state index is 12.2. The van der Waals surface area contributed by atoms with Crippen molar-refractivity contribution < 1.29 is 13.6 Å². The van der Waals surface area contributed by atoms with Crippen molar-refractivity contribution in [1.82, 2.24) is 5.32 Å². The lowest BCUT2D eigenvalue weighted by Gasteiger charge is -2.00. The highest BCUT2D eigenvalue weighted by atomic mass is 19.3. The van der Waals surface area contributed by atoms with Crippen LogP contribution in [-0.2, 0) is 4.79 Å². The number of carbonyl (C=O) groups excluding carboxylic acids is 1. The van der Waals surface area contributed by atoms with Crippen molar-refractivity contribution in [1.29, 1.82) is 0 Å². The van der Waals surface area contributed by atoms with Crippen LogP contribution in [0.25, 0.3) is 0 Å². The van der Waals surface area contributed by atoms with Crippen molar-refractivity contribution in [3.8, 4) is 0 Å². The molecule has 0 aromatic heterocycles. The zero-order valence-corrected chi connectivity index (χ0v) is 4.95. The van der Waals surface area contributed by atoms with Gasteiger partial charge in [-0.25, -0.2) is 0 Å². The second kappa shape index (κ2) is 1.65. The van der Waals surface area contributed by atoms with Gasteiger partial charge >= 0.3 is 5.92 Å². The third kappa shape index (κ3) is 1.01. The summed E-state index contributed by atoms with van der Waals surface area (Å²) in [6.07, 6.45) is -0.369. The molecule has 1 saturated heterocycles. The summed E-state index contributed by atoms with van der Waals surface area (Å²) in [5, 5.41) is 2.12. The van der Waals surface area contributed by atoms with Gasteiger partial charge in [0.05, 0.1) is 0 Å². The quantitative estimate of drug-likeness (QED) is 0.515. The molecule has 1 atom stereocenters. The lowest BCUT2D eigenvalue weighted by molar-refractivity contribution is -0.139. The minimum Gasteiger partial charge on any atom is -0.348 e. The number of amides is 1. The van der Waals surface area contributed by atoms with E-state index in [1.54, 1.807) is 6.92 Å². The summed E-state index contributed by atoms with van der Waals surface area (Å²) in [6, 6.07) is -0.382. The van der Waals surface area contributed by atoms with Crippen molar-refractivity contribution in [3.05, 3.63) is 0 Å². The van der Waals surface area contributed by atoms with E-state index in [9.17, 15) is 13.6 Å². The Bertz CT molecular complexity index is 146. The zero-order valence-electron chi connectivity index (χ0n) is 4.95. The molecule has 0 aromatic carbocycles. The van der Waals surface area contributed by atoms with Crippen LogP contribution in [0.15, 0.2) is 0 Å². The molecule has 0 unspecified atom stereocenters. The Morgan fingerprint density at radius 1 is 1.78 bits per heavy atom. The predicted octanol–water partition coefficient (Wildman–Crippen LogP) is 0.530. The van der Waals surface area contributed by atoms with E-state index in [2.05, 4.69) is 5.32 Å². The third-order valence-corrected chi connectivity index (χ3v) is 1.27. The van der Waals surface area contributed by atoms with E-state index in [1.807, 2.05) is 0 Å². The lowest BCUT2D eigenvalue weighted by atomic mass is 10.2. The van der Waals surface area contributed by atoms with Crippen molar-refractivity contribution in [3.63, 3.8) is 0 Å². The van der Waals surface area contributed by atoms with Gasteiger partial charge in [0.15, 0.2) is 0 Å². The lowest BCUT2D eigenvalue weighted by Crippen LogP contribution is -2.29. The Labute approximate surface area is 51.2 Å². The topological polar surface area (TPSA) is 29.1 Å². The van der Waals surface area contributed by atoms with Gasteiger partial charge in [0.25, 0.3) is 5.91 Å². The molecule has 1 fully saturated rings. The summed E-state index contributed by atoms with van der Waals surface area (Å²) >= 11 is 0. The molecule has 1 N–H and O–H groups in total. The minimum absolute atomic E-state index is 0.369. The van der Waals surface area contributed by atoms with Crippen LogP contribution in [0.2, 0.25) is 0 Å². The predicted molar refractivity (Wildman–Crippen MR) is 27.2 cm³/mol. The van der Waals surface area contributed by atoms with Gasteiger partial charge in [-0.15, -0.1) is 0 Å². The van der Waals surface area contributed by atoms with Crippen LogP contribution in [0.1, 0.15) is 13.3 Å². The van der Waals surface area contributed by atoms with Crippen molar-refractivity contribution in [2.75, 3.05) is 0 Å². The van der Waals surface area contributed by atoms with Crippen LogP contribution in [0.3, 0.4) is 0 Å². The normalized spacial score (nSPS) is 32.3. The Kier molecular flexibility index (Phi) is 1.18. The van der Waals surface area contributed by atoms with E-state index in [1.165, 1.54) is 0 Å². The largest absolute Gasteiger partial charge is 0.348 e. The smallest absolute Gasteiger partial charge is 0.326 e. The molecule has 4 heteroatoms. The summed E-state index contributed by atoms with van der Waals surface area (Å²) in [6.45, 7) is 1.55. The Morgan fingerprint density at radius 3 is 2.44 bits per heavy atom. The van der Waals surface area contributed by atoms with E-state index in [0.717, 1.165) is 0 Å². The number of alkyl halides is 2. The van der Waals surface area contributed by atoms with Crippen LogP contribution < -0.4 is 5.32 Å². The van der Waals surface area contributed by atoms with Crippen molar-refractivity contribution in [2.45, 2.75) is 25.3 Å². The van der Waals surface area contributed by atoms with Crippen LogP contribution in [0.4, 0.5) is 8.78 Å². The van der Waals surface area contributed by atoms with Crippen molar-refractivity contribution >= 4 is 5.91 Å². The highest BCUT2D eigenvalue weighted by Crippen LogP contribution is 2.25. The molecule has 0 spiro atoms. The Hall–Kier alpha value is -0.670. The molecule has 2 nitrogen and oxygen atoms in total. The molecule has 0 saturated carbocycles. The molecule has 1 rings (SSSR count). The second-order valence-corrected chi connectivity index (χ2v) is 2.28. The summed E-state index contributed by atoms with van der Waals surface area (Å²) < 4.78 is 24.4. The van der Waals surface area contributed by atoms with E-state index in [4.69, 9.17) is 0 Å². The van der Waals surface area contributed by atoms with Crippen LogP contribution in [0, 0.1) is 0 Å². The van der Waals surface area contributed by atoms with Gasteiger partial charge in [-0.1, -0.05) is 0 Å². The first-order chi connectivity index (χ1) is 4.02. The van der Waals surface area contributed by atoms with Crippen molar-refractivity contribution in [2.24, 2.45) is 0 Å². The maximum Gasteiger partial charge on any atom is 0.326 e. The summed E-state index contributed by atoms with van der Waals surface area (Å²) in [7, 11) is 0. The fourth-order valence-corrected chi connectivity index (χ4v) is 0.858. The SMILES string of the molecule is C[C@@H]1CC(F)(F)C(=O)N1. The summed E-state index contributed by atoms with van der Waals surface area (Å²) in [4.78, 5) is 10.2. The third-order valence-electron chi connectivity index (χ3n) is 1.27. The Balaban J connectivity index is 2.70. The molecular weight excluding hydrogens is 128 g/mol. The first kappa shape index (κ1) is 6.45. The zero-order chi connectivity index (χ0) is 7.07. The highest BCUT2D eigenvalue weighted by molar-refractivity contribution is 5.85. The number of nitrogens with one attached hydrogen (secondary N) is 1. The van der Waals surface area contributed by atoms with E-state index in [-0.39, 0.29) is 12.5 Å². The van der Waals surface area contributed by atoms with Gasteiger partial charge in [0.1, 0.15) is 0 Å². The fraction of sp³-hybridized carbons (Fsp3) is 0.800. The summed E-state index contributed by atoms with van der Waals surface area (Å²) in [5.74, 6) is -4.27. The molecule has 1 amide bonds. The van der Waals surface area contributed by atoms with Crippen LogP contribution in [0.5, 0.6) is 0 Å². The Morgan fingerprint density at radius 2 is 2.33 bits per heavy atom. The highest BCUT2D eigenvalue weighted by Gasteiger charge is 2.46. The first-order valence-corrected chi connectivity index (χ1v) is 2.71. The second-order valence-electron chi connectivity index (χ2n) is 2.28. The van der Waals surface area contributed by atoms with E-state index >= 15 is 0 Å². The number of hydrogen-bond donors (Lipinski definition) is 1. The number of carbonyl (C=O) groups is 1. The van der Waals surface area contributed by atoms with E-state index < -0.39 is 11.8 Å². The number of rotatable bonds is 0. The molecule has 0 radical (unpaired) electrons. The molecule has 1 heterocycles. The average molecular weight is 135 g/mol. The van der Waals surface area contributed by atoms with Gasteiger partial charge in [-0.2, -0.15) is 8.78 Å². The maximum atomic E-state index is 12.2. The number of halogens is 2. The van der Waals surface area contributed by atoms with Gasteiger partial charge < -0.3 is 5.32 Å². The molecular formula is C5H7F2NO. The van der Waals surface area contributed by atoms with Gasteiger partial charge in [-0.05, 0) is 6.92 Å². The molecule has 0 aromatic rings. The van der Waals surface area contributed by atoms with Crippen LogP contribution >= 0.6 is 0 Å². The number of hydrogen-bond acceptors (Lipinski definition) is 1. The molecule has 1 aliphatic heterocycles. The first-order valence-electron chi connectivity index (χ1n) is 2.71. The average Bonchev–Trinajstić information content (AvgIpc) is 1.79. The van der Waals surface area contributed by atoms with Gasteiger partial charge in [-0.3, -0.25) is 4.79 Å². The molecule has 0 aliphatic carbocycles. The van der Waals surface area contributed by atoms with Gasteiger partial charge in [0, 0.05) is 12.5 Å². The monoisotopic (exact) mass is 135 g/mol.